The molecule has 1 aromatic heterocycles. The van der Waals surface area contributed by atoms with E-state index in [0.29, 0.717) is 18.8 Å². The molecule has 24 heavy (non-hydrogen) atoms. The van der Waals surface area contributed by atoms with Crippen LogP contribution in [-0.4, -0.2) is 59.0 Å². The number of likely N-dealkylation sites (tertiary alicyclic amines) is 1. The van der Waals surface area contributed by atoms with Crippen LogP contribution in [0.4, 0.5) is 19.4 Å². The van der Waals surface area contributed by atoms with E-state index >= 15 is 0 Å². The molecule has 1 spiro atoms. The highest BCUT2D eigenvalue weighted by molar-refractivity contribution is 5.75. The van der Waals surface area contributed by atoms with Gasteiger partial charge in [-0.1, -0.05) is 0 Å². The Kier molecular flexibility index (Phi) is 3.58. The maximum atomic E-state index is 14.7. The number of anilines is 1. The summed E-state index contributed by atoms with van der Waals surface area (Å²) in [5, 5.41) is 2.91. The van der Waals surface area contributed by atoms with Crippen molar-refractivity contribution in [1.82, 2.24) is 20.2 Å². The van der Waals surface area contributed by atoms with Crippen molar-refractivity contribution < 1.29 is 13.6 Å². The summed E-state index contributed by atoms with van der Waals surface area (Å²) in [6.45, 7) is 0.909. The summed E-state index contributed by atoms with van der Waals surface area (Å²) in [4.78, 5) is 23.9. The topological polar surface area (TPSA) is 61.4 Å². The number of rotatable bonds is 2. The third-order valence-corrected chi connectivity index (χ3v) is 5.38. The molecule has 1 N–H and O–H groups in total. The molecule has 0 aromatic carbocycles. The number of hydrogen-bond acceptors (Lipinski definition) is 4. The van der Waals surface area contributed by atoms with Gasteiger partial charge in [0.2, 0.25) is 0 Å². The number of carbonyl (C=O) groups is 1. The fraction of sp³-hybridized carbons (Fsp3) is 0.688. The fourth-order valence-corrected chi connectivity index (χ4v) is 3.72. The van der Waals surface area contributed by atoms with E-state index in [1.54, 1.807) is 23.5 Å². The number of nitrogens with zero attached hydrogens (tertiary/aromatic N) is 4. The van der Waals surface area contributed by atoms with Gasteiger partial charge in [0.15, 0.2) is 0 Å². The van der Waals surface area contributed by atoms with Gasteiger partial charge < -0.3 is 15.1 Å². The molecular formula is C16H21F2N5O. The Bertz CT molecular complexity index is 624. The number of hydrogen-bond donors (Lipinski definition) is 1. The molecule has 3 aliphatic rings. The molecule has 6 nitrogen and oxygen atoms in total. The van der Waals surface area contributed by atoms with Gasteiger partial charge in [0.05, 0.1) is 11.6 Å². The highest BCUT2D eigenvalue weighted by atomic mass is 19.3. The van der Waals surface area contributed by atoms with E-state index in [2.05, 4.69) is 15.3 Å². The first kappa shape index (κ1) is 15.5. The van der Waals surface area contributed by atoms with Crippen LogP contribution < -0.4 is 10.2 Å². The Morgan fingerprint density at radius 3 is 2.75 bits per heavy atom. The molecule has 4 rings (SSSR count). The zero-order chi connectivity index (χ0) is 16.8. The summed E-state index contributed by atoms with van der Waals surface area (Å²) in [7, 11) is 0. The number of aromatic nitrogens is 2. The molecule has 2 aliphatic heterocycles. The summed E-state index contributed by atoms with van der Waals surface area (Å²) in [6, 6.07) is 0.0286. The smallest absolute Gasteiger partial charge is 0.317 e. The van der Waals surface area contributed by atoms with Crippen LogP contribution in [0.5, 0.6) is 0 Å². The normalized spacial score (nSPS) is 29.1. The van der Waals surface area contributed by atoms with Crippen molar-refractivity contribution in [3.05, 3.63) is 18.6 Å². The first-order chi connectivity index (χ1) is 11.5. The summed E-state index contributed by atoms with van der Waals surface area (Å²) >= 11 is 0. The lowest BCUT2D eigenvalue weighted by molar-refractivity contribution is -0.149. The van der Waals surface area contributed by atoms with Gasteiger partial charge in [0.1, 0.15) is 5.82 Å². The molecule has 0 radical (unpaired) electrons. The minimum atomic E-state index is -2.78. The molecule has 130 valence electrons. The molecule has 8 heteroatoms. The number of piperidine rings is 1. The average molecular weight is 337 g/mol. The lowest BCUT2D eigenvalue weighted by Gasteiger charge is -2.45. The van der Waals surface area contributed by atoms with Gasteiger partial charge in [-0.15, -0.1) is 0 Å². The third-order valence-electron chi connectivity index (χ3n) is 5.38. The lowest BCUT2D eigenvalue weighted by Crippen LogP contribution is -2.59. The van der Waals surface area contributed by atoms with Crippen LogP contribution >= 0.6 is 0 Å². The summed E-state index contributed by atoms with van der Waals surface area (Å²) in [5.74, 6) is -2.16. The molecule has 3 fully saturated rings. The van der Waals surface area contributed by atoms with Crippen molar-refractivity contribution >= 4 is 11.8 Å². The molecule has 1 aromatic rings. The number of urea groups is 1. The second kappa shape index (κ2) is 5.53. The van der Waals surface area contributed by atoms with Gasteiger partial charge in [0.25, 0.3) is 5.92 Å². The second-order valence-electron chi connectivity index (χ2n) is 7.12. The number of amides is 2. The quantitative estimate of drug-likeness (QED) is 0.895. The molecule has 1 aliphatic carbocycles. The van der Waals surface area contributed by atoms with Crippen molar-refractivity contribution in [2.24, 2.45) is 5.41 Å². The zero-order valence-electron chi connectivity index (χ0n) is 13.4. The Balaban J connectivity index is 1.51. The number of nitrogens with one attached hydrogen (secondary N) is 1. The fourth-order valence-electron chi connectivity index (χ4n) is 3.72. The van der Waals surface area contributed by atoms with Gasteiger partial charge in [-0.05, 0) is 19.3 Å². The summed E-state index contributed by atoms with van der Waals surface area (Å²) in [5.41, 5.74) is -1.20. The van der Waals surface area contributed by atoms with Gasteiger partial charge in [-0.3, -0.25) is 4.98 Å². The van der Waals surface area contributed by atoms with Crippen molar-refractivity contribution in [2.45, 2.75) is 37.6 Å². The predicted octanol–water partition coefficient (Wildman–Crippen LogP) is 1.89. The van der Waals surface area contributed by atoms with Crippen LogP contribution in [-0.2, 0) is 0 Å². The van der Waals surface area contributed by atoms with Crippen LogP contribution in [0, 0.1) is 5.41 Å². The largest absolute Gasteiger partial charge is 0.354 e. The summed E-state index contributed by atoms with van der Waals surface area (Å²) in [6.07, 6.45) is 6.77. The molecule has 1 atom stereocenters. The maximum absolute atomic E-state index is 14.7. The molecule has 0 bridgehead atoms. The number of carbonyl (C=O) groups excluding carboxylic acids is 1. The Morgan fingerprint density at radius 1 is 1.21 bits per heavy atom. The molecular weight excluding hydrogens is 316 g/mol. The monoisotopic (exact) mass is 337 g/mol. The Labute approximate surface area is 139 Å². The predicted molar refractivity (Wildman–Crippen MR) is 84.0 cm³/mol. The lowest BCUT2D eigenvalue weighted by atomic mass is 9.75. The van der Waals surface area contributed by atoms with E-state index in [4.69, 9.17) is 0 Å². The molecule has 3 heterocycles. The molecule has 2 saturated heterocycles. The maximum Gasteiger partial charge on any atom is 0.317 e. The molecule has 2 amide bonds. The number of halogens is 2. The molecule has 1 unspecified atom stereocenters. The summed E-state index contributed by atoms with van der Waals surface area (Å²) < 4.78 is 29.5. The van der Waals surface area contributed by atoms with E-state index in [-0.39, 0.29) is 38.1 Å². The highest BCUT2D eigenvalue weighted by Gasteiger charge is 2.60. The van der Waals surface area contributed by atoms with E-state index < -0.39 is 11.3 Å². The zero-order valence-corrected chi connectivity index (χ0v) is 13.4. The standard InChI is InChI=1S/C16H21F2N5O/c17-16(18)4-8-23(14(24)21-12-1-2-12)11-15(16)3-7-22(10-15)13-9-19-5-6-20-13/h5-6,9,12H,1-4,7-8,10-11H2,(H,21,24). The van der Waals surface area contributed by atoms with E-state index in [9.17, 15) is 13.6 Å². The Hall–Kier alpha value is -1.99. The van der Waals surface area contributed by atoms with Gasteiger partial charge in [-0.25, -0.2) is 18.6 Å². The van der Waals surface area contributed by atoms with Gasteiger partial charge in [0, 0.05) is 51.0 Å². The van der Waals surface area contributed by atoms with Crippen LogP contribution in [0.15, 0.2) is 18.6 Å². The van der Waals surface area contributed by atoms with Crippen molar-refractivity contribution in [3.8, 4) is 0 Å². The average Bonchev–Trinajstić information content (AvgIpc) is 3.28. The van der Waals surface area contributed by atoms with E-state index in [1.165, 1.54) is 0 Å². The van der Waals surface area contributed by atoms with E-state index in [1.807, 2.05) is 4.90 Å². The number of alkyl halides is 2. The van der Waals surface area contributed by atoms with E-state index in [0.717, 1.165) is 12.8 Å². The van der Waals surface area contributed by atoms with Gasteiger partial charge in [-0.2, -0.15) is 0 Å². The molecule has 1 saturated carbocycles. The van der Waals surface area contributed by atoms with Gasteiger partial charge >= 0.3 is 6.03 Å². The third kappa shape index (κ3) is 2.67. The highest BCUT2D eigenvalue weighted by Crippen LogP contribution is 2.50. The van der Waals surface area contributed by atoms with Crippen LogP contribution in [0.1, 0.15) is 25.7 Å². The van der Waals surface area contributed by atoms with Crippen molar-refractivity contribution in [1.29, 1.82) is 0 Å². The van der Waals surface area contributed by atoms with Crippen molar-refractivity contribution in [3.63, 3.8) is 0 Å². The Morgan fingerprint density at radius 2 is 2.04 bits per heavy atom. The first-order valence-corrected chi connectivity index (χ1v) is 8.43. The first-order valence-electron chi connectivity index (χ1n) is 8.43. The van der Waals surface area contributed by atoms with Crippen LogP contribution in [0.25, 0.3) is 0 Å². The van der Waals surface area contributed by atoms with Crippen molar-refractivity contribution in [2.75, 3.05) is 31.1 Å². The minimum Gasteiger partial charge on any atom is -0.354 e. The van der Waals surface area contributed by atoms with Crippen LogP contribution in [0.3, 0.4) is 0 Å². The second-order valence-corrected chi connectivity index (χ2v) is 7.12. The SMILES string of the molecule is O=C(NC1CC1)N1CCC(F)(F)C2(CCN(c3cnccn3)C2)C1. The minimum absolute atomic E-state index is 0.0926. The van der Waals surface area contributed by atoms with Crippen LogP contribution in [0.2, 0.25) is 0 Å².